The van der Waals surface area contributed by atoms with E-state index in [9.17, 15) is 18.4 Å². The van der Waals surface area contributed by atoms with Gasteiger partial charge in [-0.05, 0) is 18.2 Å². The van der Waals surface area contributed by atoms with E-state index in [1.807, 2.05) is 0 Å². The summed E-state index contributed by atoms with van der Waals surface area (Å²) in [5, 5.41) is 0. The molecule has 0 radical (unpaired) electrons. The maximum Gasteiger partial charge on any atom is 0.332 e. The van der Waals surface area contributed by atoms with Crippen LogP contribution in [-0.4, -0.2) is 19.2 Å². The van der Waals surface area contributed by atoms with E-state index in [1.165, 1.54) is 7.11 Å². The lowest BCUT2D eigenvalue weighted by Gasteiger charge is -2.02. The molecule has 0 aliphatic rings. The zero-order valence-electron chi connectivity index (χ0n) is 7.21. The average Bonchev–Trinajstić information content (AvgIpc) is 2.16. The van der Waals surface area contributed by atoms with Gasteiger partial charge in [0.05, 0.1) is 18.2 Å². The zero-order chi connectivity index (χ0) is 10.7. The number of ether oxygens (including phenoxy) is 1. The zero-order valence-corrected chi connectivity index (χ0v) is 7.21. The van der Waals surface area contributed by atoms with Gasteiger partial charge >= 0.3 is 12.1 Å². The molecule has 0 amide bonds. The Balaban J connectivity index is 3.27. The maximum atomic E-state index is 12.3. The second kappa shape index (κ2) is 3.95. The SMILES string of the molecule is COc1cc(C(=O)F)cc(C(=O)F)c1. The molecule has 0 N–H and O–H groups in total. The van der Waals surface area contributed by atoms with E-state index in [0.29, 0.717) is 0 Å². The first-order valence-corrected chi connectivity index (χ1v) is 3.63. The lowest BCUT2D eigenvalue weighted by molar-refractivity contribution is 0.0834. The van der Waals surface area contributed by atoms with Gasteiger partial charge in [0.15, 0.2) is 0 Å². The molecule has 74 valence electrons. The van der Waals surface area contributed by atoms with Crippen LogP contribution in [0.3, 0.4) is 0 Å². The van der Waals surface area contributed by atoms with Crippen molar-refractivity contribution in [2.75, 3.05) is 7.11 Å². The summed E-state index contributed by atoms with van der Waals surface area (Å²) in [7, 11) is 1.26. The second-order valence-electron chi connectivity index (χ2n) is 2.50. The molecule has 1 rings (SSSR count). The Hall–Kier alpha value is -1.78. The molecule has 0 fully saturated rings. The summed E-state index contributed by atoms with van der Waals surface area (Å²) in [5.41, 5.74) is -0.823. The van der Waals surface area contributed by atoms with E-state index in [4.69, 9.17) is 0 Å². The van der Waals surface area contributed by atoms with E-state index in [-0.39, 0.29) is 5.75 Å². The summed E-state index contributed by atoms with van der Waals surface area (Å²) < 4.78 is 29.2. The van der Waals surface area contributed by atoms with Crippen LogP contribution in [0.5, 0.6) is 5.75 Å². The molecule has 0 bridgehead atoms. The van der Waals surface area contributed by atoms with Crippen LogP contribution in [0.4, 0.5) is 8.78 Å². The van der Waals surface area contributed by atoms with E-state index >= 15 is 0 Å². The van der Waals surface area contributed by atoms with Crippen molar-refractivity contribution in [3.63, 3.8) is 0 Å². The van der Waals surface area contributed by atoms with Gasteiger partial charge in [-0.3, -0.25) is 9.59 Å². The standard InChI is InChI=1S/C9H6F2O3/c1-14-7-3-5(8(10)12)2-6(4-7)9(11)13/h2-4H,1H3. The number of carbonyl (C=O) groups excluding carboxylic acids is 2. The van der Waals surface area contributed by atoms with Gasteiger partial charge in [0.2, 0.25) is 0 Å². The minimum Gasteiger partial charge on any atom is -0.497 e. The fourth-order valence-electron chi connectivity index (χ4n) is 0.944. The first-order chi connectivity index (χ1) is 6.54. The van der Waals surface area contributed by atoms with Crippen molar-refractivity contribution in [3.05, 3.63) is 29.3 Å². The van der Waals surface area contributed by atoms with Crippen LogP contribution >= 0.6 is 0 Å². The minimum atomic E-state index is -1.74. The predicted molar refractivity (Wildman–Crippen MR) is 43.9 cm³/mol. The van der Waals surface area contributed by atoms with Crippen molar-refractivity contribution < 1.29 is 23.1 Å². The molecule has 0 spiro atoms. The molecule has 0 aromatic heterocycles. The summed E-state index contributed by atoms with van der Waals surface area (Å²) in [6, 6.07) is -0.505. The lowest BCUT2D eigenvalue weighted by Crippen LogP contribution is -1.98. The largest absolute Gasteiger partial charge is 0.497 e. The van der Waals surface area contributed by atoms with Crippen LogP contribution in [-0.2, 0) is 0 Å². The Kier molecular flexibility index (Phi) is 2.91. The van der Waals surface area contributed by atoms with Gasteiger partial charge in [-0.25, -0.2) is 0 Å². The van der Waals surface area contributed by atoms with Crippen molar-refractivity contribution in [2.24, 2.45) is 0 Å². The molecule has 0 aliphatic heterocycles. The number of rotatable bonds is 3. The molecule has 0 saturated heterocycles. The number of methoxy groups -OCH3 is 1. The normalized spacial score (nSPS) is 9.64. The Bertz CT molecular complexity index is 355. The van der Waals surface area contributed by atoms with Gasteiger partial charge in [-0.2, -0.15) is 8.78 Å². The summed E-state index contributed by atoms with van der Waals surface area (Å²) in [6.45, 7) is 0. The molecule has 3 nitrogen and oxygen atoms in total. The fourth-order valence-corrected chi connectivity index (χ4v) is 0.944. The molecule has 14 heavy (non-hydrogen) atoms. The van der Waals surface area contributed by atoms with Crippen LogP contribution in [0.1, 0.15) is 20.7 Å². The molecular formula is C9H6F2O3. The van der Waals surface area contributed by atoms with Gasteiger partial charge in [-0.1, -0.05) is 0 Å². The first kappa shape index (κ1) is 10.3. The van der Waals surface area contributed by atoms with Gasteiger partial charge in [0, 0.05) is 0 Å². The molecular weight excluding hydrogens is 194 g/mol. The van der Waals surface area contributed by atoms with Gasteiger partial charge in [0.25, 0.3) is 0 Å². The van der Waals surface area contributed by atoms with Crippen molar-refractivity contribution in [1.82, 2.24) is 0 Å². The van der Waals surface area contributed by atoms with Gasteiger partial charge < -0.3 is 4.74 Å². The Labute approximate surface area is 78.3 Å². The molecule has 5 heteroatoms. The summed E-state index contributed by atoms with van der Waals surface area (Å²) >= 11 is 0. The van der Waals surface area contributed by atoms with E-state index in [1.54, 1.807) is 0 Å². The highest BCUT2D eigenvalue weighted by Crippen LogP contribution is 2.18. The molecule has 0 aliphatic carbocycles. The van der Waals surface area contributed by atoms with Crippen molar-refractivity contribution in [2.45, 2.75) is 0 Å². The molecule has 0 atom stereocenters. The van der Waals surface area contributed by atoms with E-state index in [2.05, 4.69) is 4.74 Å². The van der Waals surface area contributed by atoms with Crippen LogP contribution < -0.4 is 4.74 Å². The molecule has 0 heterocycles. The lowest BCUT2D eigenvalue weighted by atomic mass is 10.1. The Morgan fingerprint density at radius 3 is 1.79 bits per heavy atom. The highest BCUT2D eigenvalue weighted by Gasteiger charge is 2.12. The third-order valence-corrected chi connectivity index (χ3v) is 1.60. The van der Waals surface area contributed by atoms with Crippen LogP contribution in [0.2, 0.25) is 0 Å². The number of halogens is 2. The molecule has 0 saturated carbocycles. The average molecular weight is 200 g/mol. The Morgan fingerprint density at radius 2 is 1.50 bits per heavy atom. The van der Waals surface area contributed by atoms with Crippen molar-refractivity contribution in [1.29, 1.82) is 0 Å². The van der Waals surface area contributed by atoms with Crippen LogP contribution in [0.25, 0.3) is 0 Å². The maximum absolute atomic E-state index is 12.3. The second-order valence-corrected chi connectivity index (χ2v) is 2.50. The molecule has 0 unspecified atom stereocenters. The predicted octanol–water partition coefficient (Wildman–Crippen LogP) is 1.91. The highest BCUT2D eigenvalue weighted by molar-refractivity contribution is 5.95. The fraction of sp³-hybridized carbons (Fsp3) is 0.111. The van der Waals surface area contributed by atoms with E-state index < -0.39 is 23.2 Å². The minimum absolute atomic E-state index is 0.0505. The van der Waals surface area contributed by atoms with Gasteiger partial charge in [-0.15, -0.1) is 0 Å². The smallest absolute Gasteiger partial charge is 0.332 e. The number of hydrogen-bond acceptors (Lipinski definition) is 3. The molecule has 1 aromatic carbocycles. The highest BCUT2D eigenvalue weighted by atomic mass is 19.1. The van der Waals surface area contributed by atoms with Crippen molar-refractivity contribution in [3.8, 4) is 5.75 Å². The third-order valence-electron chi connectivity index (χ3n) is 1.60. The monoisotopic (exact) mass is 200 g/mol. The molecule has 1 aromatic rings. The number of hydrogen-bond donors (Lipinski definition) is 0. The van der Waals surface area contributed by atoms with Gasteiger partial charge in [0.1, 0.15) is 5.75 Å². The van der Waals surface area contributed by atoms with Crippen molar-refractivity contribution >= 4 is 12.1 Å². The topological polar surface area (TPSA) is 43.4 Å². The van der Waals surface area contributed by atoms with Crippen LogP contribution in [0.15, 0.2) is 18.2 Å². The Morgan fingerprint density at radius 1 is 1.07 bits per heavy atom. The van der Waals surface area contributed by atoms with E-state index in [0.717, 1.165) is 18.2 Å². The number of benzene rings is 1. The summed E-state index contributed by atoms with van der Waals surface area (Å²) in [6.07, 6.45) is 0. The third kappa shape index (κ3) is 2.12. The summed E-state index contributed by atoms with van der Waals surface area (Å²) in [4.78, 5) is 20.7. The summed E-state index contributed by atoms with van der Waals surface area (Å²) in [5.74, 6) is 0.0505. The quantitative estimate of drug-likeness (QED) is 0.700. The first-order valence-electron chi connectivity index (χ1n) is 3.63. The number of carbonyl (C=O) groups is 2. The van der Waals surface area contributed by atoms with Crippen LogP contribution in [0, 0.1) is 0 Å².